The number of rotatable bonds is 5. The molecule has 0 amide bonds. The average Bonchev–Trinajstić information content (AvgIpc) is 2.56. The van der Waals surface area contributed by atoms with Crippen LogP contribution in [0.1, 0.15) is 18.5 Å². The van der Waals surface area contributed by atoms with Gasteiger partial charge in [0, 0.05) is 23.2 Å². The molecule has 3 rings (SSSR count). The summed E-state index contributed by atoms with van der Waals surface area (Å²) < 4.78 is 0. The number of aromatic hydroxyl groups is 1. The van der Waals surface area contributed by atoms with Crippen LogP contribution in [0.25, 0.3) is 11.3 Å². The number of halogens is 1. The van der Waals surface area contributed by atoms with Crippen molar-refractivity contribution in [3.05, 3.63) is 28.9 Å². The standard InChI is InChI=1S/C17H20ClN5O3/c1-10-16(13-5-4-11(18)7-14(13)24)21-22-17(19-10)20-12-3-2-6-23(8-12)9-15(25)26/h4-5,7,12,24H,2-3,6,8-9H2,1H3,(H,25,26)(H,19,20,22). The van der Waals surface area contributed by atoms with Gasteiger partial charge in [0.2, 0.25) is 5.95 Å². The molecule has 9 heteroatoms. The van der Waals surface area contributed by atoms with E-state index in [4.69, 9.17) is 16.7 Å². The zero-order valence-electron chi connectivity index (χ0n) is 14.3. The Bertz CT molecular complexity index is 817. The predicted molar refractivity (Wildman–Crippen MR) is 97.4 cm³/mol. The van der Waals surface area contributed by atoms with Gasteiger partial charge < -0.3 is 15.5 Å². The Labute approximate surface area is 155 Å². The minimum Gasteiger partial charge on any atom is -0.507 e. The first-order valence-electron chi connectivity index (χ1n) is 8.33. The normalized spacial score (nSPS) is 17.8. The summed E-state index contributed by atoms with van der Waals surface area (Å²) in [5.74, 6) is -0.414. The van der Waals surface area contributed by atoms with Gasteiger partial charge in [0.15, 0.2) is 0 Å². The van der Waals surface area contributed by atoms with Crippen LogP contribution in [-0.4, -0.2) is 61.9 Å². The van der Waals surface area contributed by atoms with Crippen LogP contribution in [0.15, 0.2) is 18.2 Å². The molecule has 1 aromatic carbocycles. The number of carboxylic acid groups (broad SMARTS) is 1. The van der Waals surface area contributed by atoms with Gasteiger partial charge in [0.1, 0.15) is 11.4 Å². The summed E-state index contributed by atoms with van der Waals surface area (Å²) in [5.41, 5.74) is 1.63. The zero-order chi connectivity index (χ0) is 18.7. The van der Waals surface area contributed by atoms with Gasteiger partial charge in [-0.2, -0.15) is 0 Å². The van der Waals surface area contributed by atoms with Crippen LogP contribution in [0.4, 0.5) is 5.95 Å². The summed E-state index contributed by atoms with van der Waals surface area (Å²) in [6.07, 6.45) is 1.83. The molecular weight excluding hydrogens is 358 g/mol. The number of phenolic OH excluding ortho intramolecular Hbond substituents is 1. The molecular formula is C17H20ClN5O3. The highest BCUT2D eigenvalue weighted by Crippen LogP contribution is 2.31. The smallest absolute Gasteiger partial charge is 0.317 e. The lowest BCUT2D eigenvalue weighted by molar-refractivity contribution is -0.138. The fraction of sp³-hybridized carbons (Fsp3) is 0.412. The first-order valence-corrected chi connectivity index (χ1v) is 8.71. The number of hydrogen-bond donors (Lipinski definition) is 3. The lowest BCUT2D eigenvalue weighted by atomic mass is 10.1. The van der Waals surface area contributed by atoms with Crippen LogP contribution in [0, 0.1) is 6.92 Å². The van der Waals surface area contributed by atoms with E-state index in [-0.39, 0.29) is 18.3 Å². The monoisotopic (exact) mass is 377 g/mol. The molecule has 1 aliphatic heterocycles. The Morgan fingerprint density at radius 1 is 1.42 bits per heavy atom. The van der Waals surface area contributed by atoms with E-state index in [1.165, 1.54) is 6.07 Å². The van der Waals surface area contributed by atoms with Crippen LogP contribution in [0.3, 0.4) is 0 Å². The molecule has 1 aromatic heterocycles. The van der Waals surface area contributed by atoms with E-state index in [1.807, 2.05) is 4.90 Å². The second-order valence-corrected chi connectivity index (χ2v) is 6.78. The number of piperidine rings is 1. The van der Waals surface area contributed by atoms with Gasteiger partial charge in [0.05, 0.1) is 12.2 Å². The van der Waals surface area contributed by atoms with Crippen molar-refractivity contribution in [1.82, 2.24) is 20.1 Å². The highest BCUT2D eigenvalue weighted by Gasteiger charge is 2.22. The Balaban J connectivity index is 1.72. The van der Waals surface area contributed by atoms with Gasteiger partial charge in [0.25, 0.3) is 0 Å². The molecule has 1 saturated heterocycles. The molecule has 2 aromatic rings. The Hall–Kier alpha value is -2.45. The molecule has 0 aliphatic carbocycles. The highest BCUT2D eigenvalue weighted by atomic mass is 35.5. The number of carboxylic acids is 1. The molecule has 1 aliphatic rings. The van der Waals surface area contributed by atoms with Gasteiger partial charge >= 0.3 is 5.97 Å². The number of phenols is 1. The maximum absolute atomic E-state index is 10.9. The number of likely N-dealkylation sites (tertiary alicyclic amines) is 1. The number of anilines is 1. The summed E-state index contributed by atoms with van der Waals surface area (Å²) in [5, 5.41) is 30.9. The molecule has 1 fully saturated rings. The fourth-order valence-electron chi connectivity index (χ4n) is 3.11. The number of aromatic nitrogens is 3. The number of nitrogens with zero attached hydrogens (tertiary/aromatic N) is 4. The minimum atomic E-state index is -0.827. The van der Waals surface area contributed by atoms with Crippen molar-refractivity contribution in [2.24, 2.45) is 0 Å². The molecule has 2 heterocycles. The van der Waals surface area contributed by atoms with E-state index in [9.17, 15) is 9.90 Å². The lowest BCUT2D eigenvalue weighted by Gasteiger charge is -2.31. The first kappa shape index (κ1) is 18.3. The van der Waals surface area contributed by atoms with Gasteiger partial charge in [-0.3, -0.25) is 9.69 Å². The van der Waals surface area contributed by atoms with Crippen molar-refractivity contribution < 1.29 is 15.0 Å². The number of carbonyl (C=O) groups is 1. The van der Waals surface area contributed by atoms with Crippen molar-refractivity contribution in [2.45, 2.75) is 25.8 Å². The van der Waals surface area contributed by atoms with E-state index in [0.717, 1.165) is 19.4 Å². The second kappa shape index (κ2) is 7.84. The number of benzene rings is 1. The van der Waals surface area contributed by atoms with Crippen LogP contribution in [-0.2, 0) is 4.79 Å². The zero-order valence-corrected chi connectivity index (χ0v) is 15.1. The molecule has 0 radical (unpaired) electrons. The quantitative estimate of drug-likeness (QED) is 0.726. The van der Waals surface area contributed by atoms with Crippen molar-refractivity contribution in [3.8, 4) is 17.0 Å². The molecule has 3 N–H and O–H groups in total. The van der Waals surface area contributed by atoms with E-state index < -0.39 is 5.97 Å². The average molecular weight is 378 g/mol. The summed E-state index contributed by atoms with van der Waals surface area (Å²) in [6.45, 7) is 3.22. The molecule has 1 atom stereocenters. The van der Waals surface area contributed by atoms with Crippen molar-refractivity contribution in [3.63, 3.8) is 0 Å². The SMILES string of the molecule is Cc1nc(NC2CCCN(CC(=O)O)C2)nnc1-c1ccc(Cl)cc1O. The molecule has 1 unspecified atom stereocenters. The van der Waals surface area contributed by atoms with Crippen LogP contribution in [0.2, 0.25) is 5.02 Å². The van der Waals surface area contributed by atoms with Gasteiger partial charge in [-0.15, -0.1) is 10.2 Å². The van der Waals surface area contributed by atoms with E-state index in [2.05, 4.69) is 20.5 Å². The topological polar surface area (TPSA) is 111 Å². The maximum atomic E-state index is 10.9. The van der Waals surface area contributed by atoms with E-state index in [1.54, 1.807) is 19.1 Å². The van der Waals surface area contributed by atoms with Gasteiger partial charge in [-0.1, -0.05) is 11.6 Å². The number of aryl methyl sites for hydroxylation is 1. The van der Waals surface area contributed by atoms with E-state index in [0.29, 0.717) is 34.5 Å². The number of aliphatic carboxylic acids is 1. The van der Waals surface area contributed by atoms with Crippen LogP contribution >= 0.6 is 11.6 Å². The predicted octanol–water partition coefficient (Wildman–Crippen LogP) is 2.17. The van der Waals surface area contributed by atoms with Gasteiger partial charge in [-0.05, 0) is 44.5 Å². The largest absolute Gasteiger partial charge is 0.507 e. The Morgan fingerprint density at radius 2 is 2.23 bits per heavy atom. The maximum Gasteiger partial charge on any atom is 0.317 e. The van der Waals surface area contributed by atoms with Crippen LogP contribution < -0.4 is 5.32 Å². The highest BCUT2D eigenvalue weighted by molar-refractivity contribution is 6.30. The second-order valence-electron chi connectivity index (χ2n) is 6.34. The Morgan fingerprint density at radius 3 is 2.92 bits per heavy atom. The Kier molecular flexibility index (Phi) is 5.53. The molecule has 8 nitrogen and oxygen atoms in total. The molecule has 138 valence electrons. The molecule has 26 heavy (non-hydrogen) atoms. The summed E-state index contributed by atoms with van der Waals surface area (Å²) >= 11 is 5.86. The first-order chi connectivity index (χ1) is 12.4. The summed E-state index contributed by atoms with van der Waals surface area (Å²) in [4.78, 5) is 17.2. The van der Waals surface area contributed by atoms with E-state index >= 15 is 0 Å². The van der Waals surface area contributed by atoms with Crippen molar-refractivity contribution in [1.29, 1.82) is 0 Å². The lowest BCUT2D eigenvalue weighted by Crippen LogP contribution is -2.44. The minimum absolute atomic E-state index is 0.0222. The van der Waals surface area contributed by atoms with Crippen molar-refractivity contribution in [2.75, 3.05) is 25.0 Å². The summed E-state index contributed by atoms with van der Waals surface area (Å²) in [6, 6.07) is 4.86. The third-order valence-electron chi connectivity index (χ3n) is 4.27. The number of nitrogens with one attached hydrogen (secondary N) is 1. The molecule has 0 spiro atoms. The van der Waals surface area contributed by atoms with Crippen molar-refractivity contribution >= 4 is 23.5 Å². The summed E-state index contributed by atoms with van der Waals surface area (Å²) in [7, 11) is 0. The number of hydrogen-bond acceptors (Lipinski definition) is 7. The third kappa shape index (κ3) is 4.39. The molecule has 0 bridgehead atoms. The third-order valence-corrected chi connectivity index (χ3v) is 4.51. The molecule has 0 saturated carbocycles. The van der Waals surface area contributed by atoms with Gasteiger partial charge in [-0.25, -0.2) is 4.98 Å². The fourth-order valence-corrected chi connectivity index (χ4v) is 3.28. The van der Waals surface area contributed by atoms with Crippen LogP contribution in [0.5, 0.6) is 5.75 Å².